The quantitative estimate of drug-likeness (QED) is 0.336. The maximum absolute atomic E-state index is 11.5. The standard InChI is InChI=1S/C30H35Cl2N5O2/c1-18(23-10-9-21(31)12-25(23)32)33-27-24-7-3-4-8-26(24)34-29(35-27)37-16-20(17-37)19-6-5-11-36(15-19)22-13-30(2,14-22)28(38)39/h3-4,7-10,12,18-20,22H,5-6,11,13-17H2,1-2H3,(H,38,39)(H,33,34,35)/t18-,19+,22?,30?/m1/s1. The van der Waals surface area contributed by atoms with Crippen LogP contribution in [-0.4, -0.2) is 58.2 Å². The van der Waals surface area contributed by atoms with Crippen LogP contribution in [0.15, 0.2) is 42.5 Å². The molecule has 2 atom stereocenters. The molecule has 1 aromatic heterocycles. The summed E-state index contributed by atoms with van der Waals surface area (Å²) in [5.74, 6) is 2.14. The summed E-state index contributed by atoms with van der Waals surface area (Å²) in [4.78, 5) is 26.3. The van der Waals surface area contributed by atoms with Crippen LogP contribution in [0.4, 0.5) is 11.8 Å². The van der Waals surface area contributed by atoms with Crippen molar-refractivity contribution in [1.82, 2.24) is 14.9 Å². The van der Waals surface area contributed by atoms with Gasteiger partial charge in [0.25, 0.3) is 0 Å². The Labute approximate surface area is 239 Å². The smallest absolute Gasteiger partial charge is 0.309 e. The third-order valence-corrected chi connectivity index (χ3v) is 9.69. The molecule has 6 rings (SSSR count). The van der Waals surface area contributed by atoms with Gasteiger partial charge in [-0.25, -0.2) is 4.98 Å². The predicted molar refractivity (Wildman–Crippen MR) is 157 cm³/mol. The van der Waals surface area contributed by atoms with Gasteiger partial charge >= 0.3 is 5.97 Å². The molecule has 2 saturated heterocycles. The molecule has 0 spiro atoms. The van der Waals surface area contributed by atoms with Gasteiger partial charge in [0, 0.05) is 41.1 Å². The summed E-state index contributed by atoms with van der Waals surface area (Å²) in [6, 6.07) is 14.0. The number of hydrogen-bond donors (Lipinski definition) is 2. The van der Waals surface area contributed by atoms with Gasteiger partial charge in [0.1, 0.15) is 5.82 Å². The van der Waals surface area contributed by atoms with Crippen molar-refractivity contribution in [3.8, 4) is 0 Å². The SMILES string of the molecule is C[C@@H](Nc1nc(N2CC([C@H]3CCCN(C4CC(C)(C(=O)O)C4)C3)C2)nc2ccccc12)c1ccc(Cl)cc1Cl. The maximum atomic E-state index is 11.5. The number of nitrogens with one attached hydrogen (secondary N) is 1. The summed E-state index contributed by atoms with van der Waals surface area (Å²) in [5, 5.41) is 15.3. The number of halogens is 2. The summed E-state index contributed by atoms with van der Waals surface area (Å²) >= 11 is 12.6. The molecule has 2 aromatic carbocycles. The molecule has 3 aromatic rings. The first kappa shape index (κ1) is 26.6. The van der Waals surface area contributed by atoms with Crippen molar-refractivity contribution in [2.75, 3.05) is 36.4 Å². The third-order valence-electron chi connectivity index (χ3n) is 9.13. The Morgan fingerprint density at radius 3 is 2.62 bits per heavy atom. The van der Waals surface area contributed by atoms with Gasteiger partial charge < -0.3 is 20.2 Å². The minimum Gasteiger partial charge on any atom is -0.481 e. The number of fused-ring (bicyclic) bond motifs is 1. The van der Waals surface area contributed by atoms with E-state index in [2.05, 4.69) is 22.0 Å². The van der Waals surface area contributed by atoms with Crippen LogP contribution in [0.1, 0.15) is 51.1 Å². The number of rotatable bonds is 7. The first-order chi connectivity index (χ1) is 18.7. The number of carboxylic acids is 1. The summed E-state index contributed by atoms with van der Waals surface area (Å²) in [6.45, 7) is 8.02. The zero-order valence-corrected chi connectivity index (χ0v) is 23.9. The average molecular weight is 569 g/mol. The van der Waals surface area contributed by atoms with Gasteiger partial charge in [-0.05, 0) is 87.7 Å². The van der Waals surface area contributed by atoms with Crippen molar-refractivity contribution < 1.29 is 9.90 Å². The predicted octanol–water partition coefficient (Wildman–Crippen LogP) is 6.51. The Kier molecular flexibility index (Phi) is 7.11. The highest BCUT2D eigenvalue weighted by Crippen LogP contribution is 2.45. The molecule has 7 nitrogen and oxygen atoms in total. The number of aromatic nitrogens is 2. The van der Waals surface area contributed by atoms with Gasteiger partial charge in [-0.3, -0.25) is 4.79 Å². The number of likely N-dealkylation sites (tertiary alicyclic amines) is 1. The van der Waals surface area contributed by atoms with Crippen LogP contribution < -0.4 is 10.2 Å². The number of benzene rings is 2. The molecular formula is C30H35Cl2N5O2. The van der Waals surface area contributed by atoms with Gasteiger partial charge in [-0.1, -0.05) is 41.4 Å². The van der Waals surface area contributed by atoms with Crippen molar-refractivity contribution in [3.05, 3.63) is 58.1 Å². The first-order valence-corrected chi connectivity index (χ1v) is 14.7. The normalized spacial score (nSPS) is 26.6. The Balaban J connectivity index is 1.14. The van der Waals surface area contributed by atoms with Gasteiger partial charge in [0.15, 0.2) is 0 Å². The van der Waals surface area contributed by atoms with Crippen LogP contribution in [0.2, 0.25) is 10.0 Å². The Bertz CT molecular complexity index is 1390. The van der Waals surface area contributed by atoms with E-state index in [4.69, 9.17) is 33.2 Å². The lowest BCUT2D eigenvalue weighted by atomic mass is 9.65. The first-order valence-electron chi connectivity index (χ1n) is 13.9. The fourth-order valence-corrected chi connectivity index (χ4v) is 7.17. The van der Waals surface area contributed by atoms with E-state index in [1.807, 2.05) is 43.3 Å². The number of aliphatic carboxylic acids is 1. The van der Waals surface area contributed by atoms with E-state index in [1.54, 1.807) is 6.07 Å². The molecule has 3 fully saturated rings. The van der Waals surface area contributed by atoms with Gasteiger partial charge in [-0.15, -0.1) is 0 Å². The molecule has 1 aliphatic carbocycles. The Morgan fingerprint density at radius 1 is 1.10 bits per heavy atom. The number of carboxylic acid groups (broad SMARTS) is 1. The van der Waals surface area contributed by atoms with Crippen LogP contribution in [0.5, 0.6) is 0 Å². The zero-order chi connectivity index (χ0) is 27.3. The topological polar surface area (TPSA) is 81.6 Å². The van der Waals surface area contributed by atoms with Crippen molar-refractivity contribution in [2.45, 2.75) is 51.6 Å². The van der Waals surface area contributed by atoms with Crippen molar-refractivity contribution in [2.24, 2.45) is 17.3 Å². The fourth-order valence-electron chi connectivity index (χ4n) is 6.60. The lowest BCUT2D eigenvalue weighted by Crippen LogP contribution is -2.58. The molecule has 206 valence electrons. The molecule has 0 unspecified atom stereocenters. The maximum Gasteiger partial charge on any atom is 0.309 e. The molecule has 9 heteroatoms. The van der Waals surface area contributed by atoms with Crippen LogP contribution in [0.25, 0.3) is 10.9 Å². The van der Waals surface area contributed by atoms with Crippen LogP contribution in [0.3, 0.4) is 0 Å². The number of piperidine rings is 1. The molecule has 2 aliphatic heterocycles. The molecule has 0 bridgehead atoms. The molecule has 3 heterocycles. The van der Waals surface area contributed by atoms with Gasteiger partial charge in [-0.2, -0.15) is 4.98 Å². The third kappa shape index (κ3) is 5.17. The molecule has 0 amide bonds. The second kappa shape index (κ2) is 10.4. The number of para-hydroxylation sites is 1. The van der Waals surface area contributed by atoms with E-state index in [0.29, 0.717) is 27.9 Å². The second-order valence-corrected chi connectivity index (χ2v) is 12.8. The molecular weight excluding hydrogens is 533 g/mol. The number of anilines is 2. The Hall–Kier alpha value is -2.61. The van der Waals surface area contributed by atoms with E-state index in [1.165, 1.54) is 12.8 Å². The van der Waals surface area contributed by atoms with Gasteiger partial charge in [0.05, 0.1) is 17.0 Å². The van der Waals surface area contributed by atoms with Crippen molar-refractivity contribution in [1.29, 1.82) is 0 Å². The van der Waals surface area contributed by atoms with Crippen LogP contribution in [-0.2, 0) is 4.79 Å². The summed E-state index contributed by atoms with van der Waals surface area (Å²) in [5.41, 5.74) is 1.34. The number of nitrogens with zero attached hydrogens (tertiary/aromatic N) is 4. The number of hydrogen-bond acceptors (Lipinski definition) is 6. The van der Waals surface area contributed by atoms with E-state index in [0.717, 1.165) is 67.3 Å². The highest BCUT2D eigenvalue weighted by molar-refractivity contribution is 6.35. The zero-order valence-electron chi connectivity index (χ0n) is 22.4. The summed E-state index contributed by atoms with van der Waals surface area (Å²) in [7, 11) is 0. The minimum atomic E-state index is -0.656. The minimum absolute atomic E-state index is 0.0622. The van der Waals surface area contributed by atoms with Crippen molar-refractivity contribution in [3.63, 3.8) is 0 Å². The Morgan fingerprint density at radius 2 is 1.87 bits per heavy atom. The molecule has 1 saturated carbocycles. The second-order valence-electron chi connectivity index (χ2n) is 11.9. The highest BCUT2D eigenvalue weighted by Gasteiger charge is 2.49. The monoisotopic (exact) mass is 567 g/mol. The highest BCUT2D eigenvalue weighted by atomic mass is 35.5. The molecule has 0 radical (unpaired) electrons. The lowest BCUT2D eigenvalue weighted by molar-refractivity contribution is -0.158. The average Bonchev–Trinajstić information content (AvgIpc) is 2.86. The number of carbonyl (C=O) groups is 1. The van der Waals surface area contributed by atoms with Gasteiger partial charge in [0.2, 0.25) is 5.95 Å². The molecule has 2 N–H and O–H groups in total. The van der Waals surface area contributed by atoms with Crippen molar-refractivity contribution >= 4 is 51.8 Å². The van der Waals surface area contributed by atoms with E-state index < -0.39 is 11.4 Å². The molecule has 3 aliphatic rings. The van der Waals surface area contributed by atoms with E-state index >= 15 is 0 Å². The summed E-state index contributed by atoms with van der Waals surface area (Å²) < 4.78 is 0. The van der Waals surface area contributed by atoms with Crippen LogP contribution in [0, 0.1) is 17.3 Å². The largest absolute Gasteiger partial charge is 0.481 e. The van der Waals surface area contributed by atoms with E-state index in [9.17, 15) is 9.90 Å². The van der Waals surface area contributed by atoms with E-state index in [-0.39, 0.29) is 6.04 Å². The van der Waals surface area contributed by atoms with Crippen LogP contribution >= 0.6 is 23.2 Å². The fraction of sp³-hybridized carbons (Fsp3) is 0.500. The lowest BCUT2D eigenvalue weighted by Gasteiger charge is -2.52. The molecule has 39 heavy (non-hydrogen) atoms. The summed E-state index contributed by atoms with van der Waals surface area (Å²) in [6.07, 6.45) is 3.97.